The van der Waals surface area contributed by atoms with Crippen LogP contribution in [0, 0.1) is 0 Å². The Bertz CT molecular complexity index is 433. The van der Waals surface area contributed by atoms with Crippen molar-refractivity contribution in [2.24, 2.45) is 5.73 Å². The highest BCUT2D eigenvalue weighted by atomic mass is 16.4. The number of benzene rings is 1. The van der Waals surface area contributed by atoms with Crippen molar-refractivity contribution >= 4 is 5.97 Å². The summed E-state index contributed by atoms with van der Waals surface area (Å²) in [6.45, 7) is -0.260. The summed E-state index contributed by atoms with van der Waals surface area (Å²) in [5, 5.41) is 46.4. The fraction of sp³-hybridized carbons (Fsp3) is 0.300. The molecule has 0 aliphatic heterocycles. The van der Waals surface area contributed by atoms with Crippen molar-refractivity contribution in [3.8, 4) is 11.5 Å². The lowest BCUT2D eigenvalue weighted by atomic mass is 10.00. The Balaban J connectivity index is 3.24. The standard InChI is InChI=1S/C10H13NO6/c11-3-8(14)9(15)4-1-5(10(16)17)7(13)2-6(4)12/h1-2,8-9,12-15H,3,11H2,(H,16,17). The number of hydrogen-bond acceptors (Lipinski definition) is 6. The van der Waals surface area contributed by atoms with E-state index in [1.807, 2.05) is 0 Å². The zero-order valence-electron chi connectivity index (χ0n) is 8.74. The fourth-order valence-corrected chi connectivity index (χ4v) is 1.34. The van der Waals surface area contributed by atoms with E-state index in [4.69, 9.17) is 10.8 Å². The van der Waals surface area contributed by atoms with Gasteiger partial charge in [-0.05, 0) is 6.07 Å². The summed E-state index contributed by atoms with van der Waals surface area (Å²) in [7, 11) is 0. The van der Waals surface area contributed by atoms with Gasteiger partial charge in [-0.1, -0.05) is 0 Å². The highest BCUT2D eigenvalue weighted by Gasteiger charge is 2.23. The Morgan fingerprint density at radius 1 is 1.24 bits per heavy atom. The molecule has 94 valence electrons. The van der Waals surface area contributed by atoms with Crippen LogP contribution in [0.1, 0.15) is 22.0 Å². The monoisotopic (exact) mass is 243 g/mol. The van der Waals surface area contributed by atoms with Gasteiger partial charge in [-0.25, -0.2) is 4.79 Å². The van der Waals surface area contributed by atoms with Gasteiger partial charge in [-0.3, -0.25) is 0 Å². The smallest absolute Gasteiger partial charge is 0.339 e. The molecule has 0 bridgehead atoms. The molecular weight excluding hydrogens is 230 g/mol. The SMILES string of the molecule is NCC(O)C(O)c1cc(C(=O)O)c(O)cc1O. The molecule has 2 atom stereocenters. The summed E-state index contributed by atoms with van der Waals surface area (Å²) in [6, 6.07) is 1.67. The molecule has 1 aromatic rings. The average molecular weight is 243 g/mol. The minimum Gasteiger partial charge on any atom is -0.507 e. The van der Waals surface area contributed by atoms with Crippen molar-refractivity contribution in [2.75, 3.05) is 6.54 Å². The van der Waals surface area contributed by atoms with Crippen LogP contribution in [0.4, 0.5) is 0 Å². The molecule has 0 aliphatic carbocycles. The van der Waals surface area contributed by atoms with E-state index in [0.29, 0.717) is 0 Å². The number of aliphatic hydroxyl groups is 2. The van der Waals surface area contributed by atoms with Crippen molar-refractivity contribution in [1.29, 1.82) is 0 Å². The molecule has 0 fully saturated rings. The van der Waals surface area contributed by atoms with Crippen molar-refractivity contribution in [2.45, 2.75) is 12.2 Å². The van der Waals surface area contributed by atoms with Gasteiger partial charge in [-0.15, -0.1) is 0 Å². The third-order valence-corrected chi connectivity index (χ3v) is 2.30. The number of carbonyl (C=O) groups is 1. The number of aromatic hydroxyl groups is 2. The van der Waals surface area contributed by atoms with Gasteiger partial charge in [0.15, 0.2) is 0 Å². The number of nitrogens with two attached hydrogens (primary N) is 1. The molecule has 0 amide bonds. The maximum absolute atomic E-state index is 10.7. The Hall–Kier alpha value is -1.83. The predicted molar refractivity (Wildman–Crippen MR) is 56.8 cm³/mol. The highest BCUT2D eigenvalue weighted by molar-refractivity contribution is 5.91. The Morgan fingerprint density at radius 3 is 2.29 bits per heavy atom. The van der Waals surface area contributed by atoms with Gasteiger partial charge in [0.2, 0.25) is 0 Å². The first-order valence-corrected chi connectivity index (χ1v) is 4.73. The lowest BCUT2D eigenvalue weighted by Gasteiger charge is -2.18. The molecule has 0 radical (unpaired) electrons. The first-order valence-electron chi connectivity index (χ1n) is 4.73. The molecule has 1 aromatic carbocycles. The van der Waals surface area contributed by atoms with Crippen molar-refractivity contribution in [3.05, 3.63) is 23.3 Å². The summed E-state index contributed by atoms with van der Waals surface area (Å²) >= 11 is 0. The minimum atomic E-state index is -1.53. The van der Waals surface area contributed by atoms with Gasteiger partial charge in [0.1, 0.15) is 23.2 Å². The van der Waals surface area contributed by atoms with Crippen molar-refractivity contribution in [3.63, 3.8) is 0 Å². The Morgan fingerprint density at radius 2 is 1.82 bits per heavy atom. The fourth-order valence-electron chi connectivity index (χ4n) is 1.34. The number of rotatable bonds is 4. The number of carboxylic acids is 1. The van der Waals surface area contributed by atoms with Gasteiger partial charge in [0.05, 0.1) is 6.10 Å². The molecule has 0 saturated heterocycles. The van der Waals surface area contributed by atoms with E-state index in [2.05, 4.69) is 0 Å². The Kier molecular flexibility index (Phi) is 3.89. The van der Waals surface area contributed by atoms with Crippen LogP contribution in [-0.4, -0.2) is 44.2 Å². The number of phenols is 2. The summed E-state index contributed by atoms with van der Waals surface area (Å²) in [6.07, 6.45) is -2.87. The molecule has 17 heavy (non-hydrogen) atoms. The van der Waals surface area contributed by atoms with Crippen LogP contribution in [0.25, 0.3) is 0 Å². The van der Waals surface area contributed by atoms with E-state index in [1.54, 1.807) is 0 Å². The summed E-state index contributed by atoms with van der Waals surface area (Å²) in [5.74, 6) is -2.57. The van der Waals surface area contributed by atoms with Gasteiger partial charge < -0.3 is 31.3 Å². The molecule has 2 unspecified atom stereocenters. The van der Waals surface area contributed by atoms with Crippen LogP contribution in [0.3, 0.4) is 0 Å². The van der Waals surface area contributed by atoms with Crippen molar-refractivity contribution < 1.29 is 30.3 Å². The van der Waals surface area contributed by atoms with E-state index < -0.39 is 35.2 Å². The number of carboxylic acid groups (broad SMARTS) is 1. The Labute approximate surface area is 96.4 Å². The first-order chi connectivity index (χ1) is 7.88. The highest BCUT2D eigenvalue weighted by Crippen LogP contribution is 2.32. The molecule has 0 aliphatic rings. The third kappa shape index (κ3) is 2.64. The lowest BCUT2D eigenvalue weighted by molar-refractivity contribution is 0.0228. The van der Waals surface area contributed by atoms with E-state index in [9.17, 15) is 25.2 Å². The zero-order valence-corrected chi connectivity index (χ0v) is 8.74. The maximum atomic E-state index is 10.7. The molecule has 1 rings (SSSR count). The molecule has 7 heteroatoms. The second kappa shape index (κ2) is 5.00. The van der Waals surface area contributed by atoms with Crippen LogP contribution in [-0.2, 0) is 0 Å². The van der Waals surface area contributed by atoms with Gasteiger partial charge in [0.25, 0.3) is 0 Å². The first kappa shape index (κ1) is 13.2. The quantitative estimate of drug-likeness (QED) is 0.404. The second-order valence-electron chi connectivity index (χ2n) is 3.48. The van der Waals surface area contributed by atoms with E-state index in [0.717, 1.165) is 12.1 Å². The van der Waals surface area contributed by atoms with Crippen LogP contribution >= 0.6 is 0 Å². The average Bonchev–Trinajstić information content (AvgIpc) is 2.26. The van der Waals surface area contributed by atoms with Crippen LogP contribution < -0.4 is 5.73 Å². The van der Waals surface area contributed by atoms with Crippen LogP contribution in [0.15, 0.2) is 12.1 Å². The largest absolute Gasteiger partial charge is 0.507 e. The van der Waals surface area contributed by atoms with Crippen molar-refractivity contribution in [1.82, 2.24) is 0 Å². The minimum absolute atomic E-state index is 0.210. The van der Waals surface area contributed by atoms with Crippen LogP contribution in [0.5, 0.6) is 11.5 Å². The maximum Gasteiger partial charge on any atom is 0.339 e. The second-order valence-corrected chi connectivity index (χ2v) is 3.48. The number of phenolic OH excluding ortho intramolecular Hbond substituents is 1. The number of hydrogen-bond donors (Lipinski definition) is 6. The zero-order chi connectivity index (χ0) is 13.2. The molecular formula is C10H13NO6. The number of aromatic carboxylic acids is 1. The normalized spacial score (nSPS) is 14.3. The molecule has 0 spiro atoms. The van der Waals surface area contributed by atoms with E-state index in [-0.39, 0.29) is 12.1 Å². The van der Waals surface area contributed by atoms with Gasteiger partial charge in [0, 0.05) is 18.2 Å². The summed E-state index contributed by atoms with van der Waals surface area (Å²) in [4.78, 5) is 10.7. The molecule has 7 N–H and O–H groups in total. The number of aliphatic hydroxyl groups excluding tert-OH is 2. The van der Waals surface area contributed by atoms with E-state index >= 15 is 0 Å². The third-order valence-electron chi connectivity index (χ3n) is 2.30. The lowest BCUT2D eigenvalue weighted by Crippen LogP contribution is -2.27. The van der Waals surface area contributed by atoms with E-state index in [1.165, 1.54) is 0 Å². The topological polar surface area (TPSA) is 144 Å². The molecule has 0 aromatic heterocycles. The molecule has 7 nitrogen and oxygen atoms in total. The van der Waals surface area contributed by atoms with Gasteiger partial charge in [-0.2, -0.15) is 0 Å². The van der Waals surface area contributed by atoms with Gasteiger partial charge >= 0.3 is 5.97 Å². The predicted octanol–water partition coefficient (Wildman–Crippen LogP) is -0.851. The van der Waals surface area contributed by atoms with Crippen LogP contribution in [0.2, 0.25) is 0 Å². The summed E-state index contributed by atoms with van der Waals surface area (Å²) < 4.78 is 0. The molecule has 0 heterocycles. The molecule has 0 saturated carbocycles. The summed E-state index contributed by atoms with van der Waals surface area (Å²) in [5.41, 5.74) is 4.44.